The first-order valence-electron chi connectivity index (χ1n) is 8.35. The minimum Gasteiger partial charge on any atom is -0.475 e. The number of carbonyl (C=O) groups excluding carboxylic acids is 1. The first-order valence-corrected chi connectivity index (χ1v) is 8.35. The van der Waals surface area contributed by atoms with E-state index in [1.165, 1.54) is 0 Å². The van der Waals surface area contributed by atoms with Crippen LogP contribution in [0.5, 0.6) is 5.88 Å². The number of ether oxygens (including phenoxy) is 2. The second-order valence-corrected chi connectivity index (χ2v) is 7.45. The Kier molecular flexibility index (Phi) is 4.08. The average Bonchev–Trinajstić information content (AvgIpc) is 2.92. The number of carbonyl (C=O) groups is 1. The van der Waals surface area contributed by atoms with Crippen LogP contribution in [0.25, 0.3) is 0 Å². The zero-order chi connectivity index (χ0) is 16.8. The molecule has 1 saturated carbocycles. The van der Waals surface area contributed by atoms with Crippen molar-refractivity contribution < 1.29 is 14.3 Å². The van der Waals surface area contributed by atoms with Gasteiger partial charge in [-0.3, -0.25) is 4.79 Å². The van der Waals surface area contributed by atoms with Crippen LogP contribution in [0.15, 0.2) is 18.2 Å². The van der Waals surface area contributed by atoms with E-state index in [-0.39, 0.29) is 29.6 Å². The van der Waals surface area contributed by atoms with Crippen LogP contribution >= 0.6 is 0 Å². The molecule has 0 N–H and O–H groups in total. The molecule has 0 spiro atoms. The zero-order valence-corrected chi connectivity index (χ0v) is 14.6. The fraction of sp³-hybridized carbons (Fsp3) is 0.667. The summed E-state index contributed by atoms with van der Waals surface area (Å²) in [4.78, 5) is 19.1. The van der Waals surface area contributed by atoms with Crippen molar-refractivity contribution in [3.63, 3.8) is 0 Å². The van der Waals surface area contributed by atoms with E-state index < -0.39 is 0 Å². The summed E-state index contributed by atoms with van der Waals surface area (Å²) in [7, 11) is 1.88. The highest BCUT2D eigenvalue weighted by molar-refractivity contribution is 5.92. The lowest BCUT2D eigenvalue weighted by Gasteiger charge is -2.57. The van der Waals surface area contributed by atoms with Crippen LogP contribution in [0, 0.1) is 11.3 Å². The summed E-state index contributed by atoms with van der Waals surface area (Å²) in [6, 6.07) is 5.55. The molecule has 3 rings (SSSR count). The van der Waals surface area contributed by atoms with E-state index in [4.69, 9.17) is 9.47 Å². The van der Waals surface area contributed by atoms with Gasteiger partial charge in [0.15, 0.2) is 0 Å². The molecule has 1 aliphatic heterocycles. The van der Waals surface area contributed by atoms with Gasteiger partial charge in [-0.15, -0.1) is 0 Å². The molecule has 126 valence electrons. The minimum atomic E-state index is -0.0531. The Balaban J connectivity index is 1.78. The molecule has 1 aromatic heterocycles. The fourth-order valence-corrected chi connectivity index (χ4v) is 4.23. The molecule has 1 aromatic rings. The van der Waals surface area contributed by atoms with Crippen LogP contribution in [-0.4, -0.2) is 47.7 Å². The SMILES string of the molecule is CC(C)Oc1cccc(C(=O)N(C)[C@@H]2[C@@H]3CCO[C@@H]3C2(C)C)n1. The summed E-state index contributed by atoms with van der Waals surface area (Å²) < 4.78 is 11.4. The lowest BCUT2D eigenvalue weighted by molar-refractivity contribution is -0.139. The highest BCUT2D eigenvalue weighted by atomic mass is 16.5. The normalized spacial score (nSPS) is 28.2. The monoisotopic (exact) mass is 318 g/mol. The Morgan fingerprint density at radius 2 is 2.17 bits per heavy atom. The summed E-state index contributed by atoms with van der Waals surface area (Å²) in [5.41, 5.74) is 0.418. The molecule has 2 aliphatic rings. The van der Waals surface area contributed by atoms with E-state index in [0.717, 1.165) is 13.0 Å². The van der Waals surface area contributed by atoms with Crippen LogP contribution in [0.3, 0.4) is 0 Å². The van der Waals surface area contributed by atoms with Crippen molar-refractivity contribution in [1.29, 1.82) is 0 Å². The largest absolute Gasteiger partial charge is 0.475 e. The van der Waals surface area contributed by atoms with Gasteiger partial charge in [-0.25, -0.2) is 4.98 Å². The standard InChI is InChI=1S/C18H26N2O3/c1-11(2)23-14-8-6-7-13(19-14)17(21)20(5)15-12-9-10-22-16(12)18(15,3)4/h6-8,11-12,15-16H,9-10H2,1-5H3/t12-,15+,16-/m0/s1. The van der Waals surface area contributed by atoms with E-state index >= 15 is 0 Å². The second-order valence-electron chi connectivity index (χ2n) is 7.45. The summed E-state index contributed by atoms with van der Waals surface area (Å²) in [6.07, 6.45) is 1.33. The first-order chi connectivity index (χ1) is 10.8. The third-order valence-corrected chi connectivity index (χ3v) is 5.08. The van der Waals surface area contributed by atoms with Crippen LogP contribution in [0.1, 0.15) is 44.6 Å². The molecule has 1 amide bonds. The number of rotatable bonds is 4. The third kappa shape index (κ3) is 2.71. The number of pyridine rings is 1. The van der Waals surface area contributed by atoms with Crippen molar-refractivity contribution in [2.45, 2.75) is 52.4 Å². The molecule has 0 aromatic carbocycles. The van der Waals surface area contributed by atoms with Crippen LogP contribution < -0.4 is 4.74 Å². The van der Waals surface area contributed by atoms with Crippen molar-refractivity contribution in [2.24, 2.45) is 11.3 Å². The lowest BCUT2D eigenvalue weighted by Crippen LogP contribution is -2.66. The molecule has 3 atom stereocenters. The van der Waals surface area contributed by atoms with Gasteiger partial charge in [-0.05, 0) is 26.3 Å². The van der Waals surface area contributed by atoms with E-state index in [1.54, 1.807) is 12.1 Å². The summed E-state index contributed by atoms with van der Waals surface area (Å²) >= 11 is 0. The van der Waals surface area contributed by atoms with Crippen LogP contribution in [-0.2, 0) is 4.74 Å². The predicted molar refractivity (Wildman–Crippen MR) is 87.5 cm³/mol. The molecule has 23 heavy (non-hydrogen) atoms. The Bertz CT molecular complexity index is 600. The first kappa shape index (κ1) is 16.2. The van der Waals surface area contributed by atoms with E-state index in [0.29, 0.717) is 17.5 Å². The molecule has 0 radical (unpaired) electrons. The van der Waals surface area contributed by atoms with Gasteiger partial charge in [0, 0.05) is 37.1 Å². The van der Waals surface area contributed by atoms with Crippen LogP contribution in [0.2, 0.25) is 0 Å². The van der Waals surface area contributed by atoms with Crippen molar-refractivity contribution >= 4 is 5.91 Å². The highest BCUT2D eigenvalue weighted by Gasteiger charge is 2.61. The quantitative estimate of drug-likeness (QED) is 0.856. The van der Waals surface area contributed by atoms with Gasteiger partial charge >= 0.3 is 0 Å². The average molecular weight is 318 g/mol. The molecule has 1 saturated heterocycles. The van der Waals surface area contributed by atoms with Crippen molar-refractivity contribution in [1.82, 2.24) is 9.88 Å². The maximum atomic E-state index is 12.9. The highest BCUT2D eigenvalue weighted by Crippen LogP contribution is 2.54. The number of hydrogen-bond donors (Lipinski definition) is 0. The van der Waals surface area contributed by atoms with Crippen molar-refractivity contribution in [3.05, 3.63) is 23.9 Å². The number of amides is 1. The zero-order valence-electron chi connectivity index (χ0n) is 14.6. The third-order valence-electron chi connectivity index (χ3n) is 5.08. The summed E-state index contributed by atoms with van der Waals surface area (Å²) in [6.45, 7) is 9.05. The molecule has 1 aliphatic carbocycles. The molecule has 5 heteroatoms. The van der Waals surface area contributed by atoms with Crippen LogP contribution in [0.4, 0.5) is 0 Å². The number of nitrogens with zero attached hydrogens (tertiary/aromatic N) is 2. The number of aromatic nitrogens is 1. The smallest absolute Gasteiger partial charge is 0.272 e. The van der Waals surface area contributed by atoms with Gasteiger partial charge in [-0.2, -0.15) is 0 Å². The van der Waals surface area contributed by atoms with Gasteiger partial charge in [0.25, 0.3) is 5.91 Å². The number of fused-ring (bicyclic) bond motifs is 1. The predicted octanol–water partition coefficient (Wildman–Crippen LogP) is 2.75. The molecule has 5 nitrogen and oxygen atoms in total. The molecular formula is C18H26N2O3. The van der Waals surface area contributed by atoms with Crippen molar-refractivity contribution in [2.75, 3.05) is 13.7 Å². The molecular weight excluding hydrogens is 292 g/mol. The molecule has 0 bridgehead atoms. The maximum Gasteiger partial charge on any atom is 0.272 e. The second kappa shape index (κ2) is 5.78. The molecule has 2 heterocycles. The summed E-state index contributed by atoms with van der Waals surface area (Å²) in [5, 5.41) is 0. The van der Waals surface area contributed by atoms with E-state index in [1.807, 2.05) is 31.9 Å². The van der Waals surface area contributed by atoms with Gasteiger partial charge in [0.05, 0.1) is 12.2 Å². The van der Waals surface area contributed by atoms with Crippen molar-refractivity contribution in [3.8, 4) is 5.88 Å². The van der Waals surface area contributed by atoms with Gasteiger partial charge in [0.1, 0.15) is 5.69 Å². The van der Waals surface area contributed by atoms with Gasteiger partial charge in [-0.1, -0.05) is 19.9 Å². The molecule has 0 unspecified atom stereocenters. The summed E-state index contributed by atoms with van der Waals surface area (Å²) in [5.74, 6) is 0.880. The van der Waals surface area contributed by atoms with E-state index in [9.17, 15) is 4.79 Å². The Labute approximate surface area is 138 Å². The Morgan fingerprint density at radius 3 is 2.87 bits per heavy atom. The van der Waals surface area contributed by atoms with E-state index in [2.05, 4.69) is 18.8 Å². The number of hydrogen-bond acceptors (Lipinski definition) is 4. The Hall–Kier alpha value is -1.62. The Morgan fingerprint density at radius 1 is 1.43 bits per heavy atom. The topological polar surface area (TPSA) is 51.7 Å². The lowest BCUT2D eigenvalue weighted by atomic mass is 9.57. The van der Waals surface area contributed by atoms with Gasteiger partial charge in [0.2, 0.25) is 5.88 Å². The molecule has 2 fully saturated rings. The fourth-order valence-electron chi connectivity index (χ4n) is 4.23. The van der Waals surface area contributed by atoms with Gasteiger partial charge < -0.3 is 14.4 Å². The minimum absolute atomic E-state index is 0.0163. The maximum absolute atomic E-state index is 12.9.